The molecular weight excluding hydrogens is 273 g/mol. The summed E-state index contributed by atoms with van der Waals surface area (Å²) in [6.07, 6.45) is 0.944. The number of anilines is 1. The number of ether oxygens (including phenoxy) is 1. The minimum atomic E-state index is -0.197. The smallest absolute Gasteiger partial charge is 0.250 e. The number of amides is 1. The summed E-state index contributed by atoms with van der Waals surface area (Å²) < 4.78 is 5.26. The number of carbonyl (C=O) groups excluding carboxylic acids is 1. The van der Waals surface area contributed by atoms with Gasteiger partial charge in [-0.3, -0.25) is 4.79 Å². The first-order valence-corrected chi connectivity index (χ1v) is 6.57. The fraction of sp³-hybridized carbons (Fsp3) is 0.462. The van der Waals surface area contributed by atoms with Crippen molar-refractivity contribution in [2.75, 3.05) is 18.5 Å². The quantitative estimate of drug-likeness (QED) is 0.804. The van der Waals surface area contributed by atoms with Gasteiger partial charge in [0.1, 0.15) is 6.61 Å². The first-order valence-electron chi connectivity index (χ1n) is 5.81. The topological polar surface area (TPSA) is 38.3 Å². The van der Waals surface area contributed by atoms with E-state index in [4.69, 9.17) is 27.9 Å². The molecule has 0 heterocycles. The summed E-state index contributed by atoms with van der Waals surface area (Å²) in [5.74, 6) is 0.375. The minimum Gasteiger partial charge on any atom is -0.372 e. The van der Waals surface area contributed by atoms with Gasteiger partial charge in [-0.2, -0.15) is 0 Å². The van der Waals surface area contributed by atoms with Crippen molar-refractivity contribution in [3.8, 4) is 0 Å². The fourth-order valence-corrected chi connectivity index (χ4v) is 1.55. The van der Waals surface area contributed by atoms with E-state index < -0.39 is 0 Å². The van der Waals surface area contributed by atoms with Crippen molar-refractivity contribution in [3.05, 3.63) is 28.2 Å². The van der Waals surface area contributed by atoms with Crippen LogP contribution in [0.25, 0.3) is 0 Å². The number of benzene rings is 1. The molecule has 0 aliphatic heterocycles. The van der Waals surface area contributed by atoms with Crippen LogP contribution >= 0.6 is 23.2 Å². The molecule has 1 N–H and O–H groups in total. The molecule has 0 aromatic heterocycles. The highest BCUT2D eigenvalue weighted by Gasteiger charge is 2.05. The number of carbonyl (C=O) groups is 1. The molecule has 100 valence electrons. The molecule has 1 rings (SSSR count). The zero-order chi connectivity index (χ0) is 13.5. The molecule has 0 saturated carbocycles. The second-order valence-corrected chi connectivity index (χ2v) is 5.23. The van der Waals surface area contributed by atoms with Crippen molar-refractivity contribution < 1.29 is 9.53 Å². The molecule has 5 heteroatoms. The van der Waals surface area contributed by atoms with E-state index >= 15 is 0 Å². The van der Waals surface area contributed by atoms with Crippen LogP contribution in [0.1, 0.15) is 20.3 Å². The predicted octanol–water partition coefficient (Wildman–Crippen LogP) is 3.99. The molecule has 1 amide bonds. The fourth-order valence-electron chi connectivity index (χ4n) is 1.25. The van der Waals surface area contributed by atoms with E-state index in [9.17, 15) is 4.79 Å². The number of halogens is 2. The Morgan fingerprint density at radius 1 is 1.33 bits per heavy atom. The van der Waals surface area contributed by atoms with E-state index in [1.54, 1.807) is 18.2 Å². The molecular formula is C13H17Cl2NO2. The lowest BCUT2D eigenvalue weighted by atomic mass is 10.1. The Kier molecular flexibility index (Phi) is 6.47. The van der Waals surface area contributed by atoms with Gasteiger partial charge in [0.15, 0.2) is 0 Å². The summed E-state index contributed by atoms with van der Waals surface area (Å²) >= 11 is 11.6. The van der Waals surface area contributed by atoms with Crippen LogP contribution in [0.4, 0.5) is 5.69 Å². The van der Waals surface area contributed by atoms with E-state index in [-0.39, 0.29) is 12.5 Å². The summed E-state index contributed by atoms with van der Waals surface area (Å²) in [6.45, 7) is 4.86. The van der Waals surface area contributed by atoms with Gasteiger partial charge in [-0.05, 0) is 30.5 Å². The minimum absolute atomic E-state index is 0.0486. The summed E-state index contributed by atoms with van der Waals surface area (Å²) in [6, 6.07) is 4.94. The van der Waals surface area contributed by atoms with E-state index in [0.29, 0.717) is 28.3 Å². The van der Waals surface area contributed by atoms with Crippen molar-refractivity contribution in [3.63, 3.8) is 0 Å². The Balaban J connectivity index is 2.33. The maximum atomic E-state index is 11.5. The van der Waals surface area contributed by atoms with Crippen LogP contribution in [-0.4, -0.2) is 19.1 Å². The lowest BCUT2D eigenvalue weighted by Gasteiger charge is -2.08. The molecule has 0 radical (unpaired) electrons. The van der Waals surface area contributed by atoms with Crippen LogP contribution in [0.2, 0.25) is 10.0 Å². The third-order valence-electron chi connectivity index (χ3n) is 2.28. The standard InChI is InChI=1S/C13H17Cl2NO2/c1-9(2)5-6-18-8-13(17)16-10-3-4-11(14)12(15)7-10/h3-4,7,9H,5-6,8H2,1-2H3,(H,16,17). The first kappa shape index (κ1) is 15.3. The van der Waals surface area contributed by atoms with Crippen molar-refractivity contribution in [2.45, 2.75) is 20.3 Å². The Morgan fingerprint density at radius 2 is 2.06 bits per heavy atom. The van der Waals surface area contributed by atoms with Gasteiger partial charge in [0.25, 0.3) is 0 Å². The van der Waals surface area contributed by atoms with Crippen LogP contribution in [0.3, 0.4) is 0 Å². The third kappa shape index (κ3) is 5.71. The predicted molar refractivity (Wildman–Crippen MR) is 75.4 cm³/mol. The summed E-state index contributed by atoms with van der Waals surface area (Å²) in [5, 5.41) is 3.56. The lowest BCUT2D eigenvalue weighted by molar-refractivity contribution is -0.120. The molecule has 0 unspecified atom stereocenters. The van der Waals surface area contributed by atoms with Crippen LogP contribution < -0.4 is 5.32 Å². The van der Waals surface area contributed by atoms with E-state index in [2.05, 4.69) is 19.2 Å². The Labute approximate surface area is 117 Å². The molecule has 0 fully saturated rings. The SMILES string of the molecule is CC(C)CCOCC(=O)Nc1ccc(Cl)c(Cl)c1. The van der Waals surface area contributed by atoms with Gasteiger partial charge >= 0.3 is 0 Å². The molecule has 1 aromatic carbocycles. The summed E-state index contributed by atoms with van der Waals surface area (Å²) in [7, 11) is 0. The van der Waals surface area contributed by atoms with Gasteiger partial charge in [0.05, 0.1) is 10.0 Å². The van der Waals surface area contributed by atoms with Crippen LogP contribution in [-0.2, 0) is 9.53 Å². The van der Waals surface area contributed by atoms with Crippen molar-refractivity contribution in [2.24, 2.45) is 5.92 Å². The normalized spacial score (nSPS) is 10.7. The van der Waals surface area contributed by atoms with Crippen molar-refractivity contribution in [1.82, 2.24) is 0 Å². The lowest BCUT2D eigenvalue weighted by Crippen LogP contribution is -2.18. The second-order valence-electron chi connectivity index (χ2n) is 4.41. The highest BCUT2D eigenvalue weighted by molar-refractivity contribution is 6.42. The van der Waals surface area contributed by atoms with Crippen molar-refractivity contribution >= 4 is 34.8 Å². The first-order chi connectivity index (χ1) is 8.49. The molecule has 1 aromatic rings. The van der Waals surface area contributed by atoms with E-state index in [1.165, 1.54) is 0 Å². The van der Waals surface area contributed by atoms with Crippen LogP contribution in [0.15, 0.2) is 18.2 Å². The van der Waals surface area contributed by atoms with Gasteiger partial charge in [-0.25, -0.2) is 0 Å². The molecule has 0 atom stereocenters. The molecule has 3 nitrogen and oxygen atoms in total. The zero-order valence-corrected chi connectivity index (χ0v) is 12.0. The summed E-state index contributed by atoms with van der Waals surface area (Å²) in [5.41, 5.74) is 0.613. The molecule has 0 aliphatic rings. The molecule has 0 aliphatic carbocycles. The Bertz CT molecular complexity index is 408. The maximum Gasteiger partial charge on any atom is 0.250 e. The van der Waals surface area contributed by atoms with E-state index in [0.717, 1.165) is 6.42 Å². The molecule has 0 saturated heterocycles. The third-order valence-corrected chi connectivity index (χ3v) is 3.02. The molecule has 0 spiro atoms. The molecule has 18 heavy (non-hydrogen) atoms. The Morgan fingerprint density at radius 3 is 2.67 bits per heavy atom. The van der Waals surface area contributed by atoms with Crippen LogP contribution in [0, 0.1) is 5.92 Å². The highest BCUT2D eigenvalue weighted by Crippen LogP contribution is 2.24. The van der Waals surface area contributed by atoms with E-state index in [1.807, 2.05) is 0 Å². The number of nitrogens with one attached hydrogen (secondary N) is 1. The van der Waals surface area contributed by atoms with Gasteiger partial charge in [-0.1, -0.05) is 37.0 Å². The number of hydrogen-bond acceptors (Lipinski definition) is 2. The number of rotatable bonds is 6. The highest BCUT2D eigenvalue weighted by atomic mass is 35.5. The van der Waals surface area contributed by atoms with Gasteiger partial charge < -0.3 is 10.1 Å². The number of hydrogen-bond donors (Lipinski definition) is 1. The average Bonchev–Trinajstić information content (AvgIpc) is 2.29. The second kappa shape index (κ2) is 7.62. The maximum absolute atomic E-state index is 11.5. The zero-order valence-electron chi connectivity index (χ0n) is 10.5. The van der Waals surface area contributed by atoms with Crippen molar-refractivity contribution in [1.29, 1.82) is 0 Å². The van der Waals surface area contributed by atoms with Gasteiger partial charge in [-0.15, -0.1) is 0 Å². The monoisotopic (exact) mass is 289 g/mol. The largest absolute Gasteiger partial charge is 0.372 e. The van der Waals surface area contributed by atoms with Crippen LogP contribution in [0.5, 0.6) is 0 Å². The van der Waals surface area contributed by atoms with Gasteiger partial charge in [0.2, 0.25) is 5.91 Å². The average molecular weight is 290 g/mol. The summed E-state index contributed by atoms with van der Waals surface area (Å²) in [4.78, 5) is 11.5. The molecule has 0 bridgehead atoms. The Hall–Kier alpha value is -0.770. The van der Waals surface area contributed by atoms with Gasteiger partial charge in [0, 0.05) is 12.3 Å².